The van der Waals surface area contributed by atoms with Crippen LogP contribution in [-0.4, -0.2) is 30.8 Å². The molecule has 0 amide bonds. The van der Waals surface area contributed by atoms with Gasteiger partial charge in [0, 0.05) is 6.20 Å². The molecule has 0 unspecified atom stereocenters. The quantitative estimate of drug-likeness (QED) is 0.0884. The van der Waals surface area contributed by atoms with Gasteiger partial charge in [-0.15, -0.1) is 0 Å². The summed E-state index contributed by atoms with van der Waals surface area (Å²) in [5, 5.41) is 9.08. The largest absolute Gasteiger partial charge is 0.462 e. The van der Waals surface area contributed by atoms with Crippen molar-refractivity contribution < 1.29 is 9.53 Å². The van der Waals surface area contributed by atoms with E-state index in [4.69, 9.17) is 23.1 Å². The Labute approximate surface area is 170 Å². The number of allylic oxidation sites excluding steroid dienone is 2. The highest BCUT2D eigenvalue weighted by atomic mass is 16.5. The fourth-order valence-electron chi connectivity index (χ4n) is 2.56. The van der Waals surface area contributed by atoms with Crippen LogP contribution in [0.4, 0.5) is 0 Å². The monoisotopic (exact) mass is 384 g/mol. The van der Waals surface area contributed by atoms with Crippen molar-refractivity contribution in [3.8, 4) is 6.07 Å². The Balaban J connectivity index is 3.98. The number of hydrogen-bond donors (Lipinski definition) is 0. The average molecular weight is 385 g/mol. The minimum atomic E-state index is -0.634. The van der Waals surface area contributed by atoms with Crippen LogP contribution in [0.15, 0.2) is 23.9 Å². The van der Waals surface area contributed by atoms with Crippen molar-refractivity contribution in [1.29, 1.82) is 5.26 Å². The summed E-state index contributed by atoms with van der Waals surface area (Å²) in [5.41, 5.74) is -0.0890. The van der Waals surface area contributed by atoms with E-state index >= 15 is 0 Å². The molecule has 6 heteroatoms. The Bertz CT molecular complexity index is 589. The van der Waals surface area contributed by atoms with Gasteiger partial charge >= 0.3 is 5.97 Å². The average Bonchev–Trinajstić information content (AvgIpc) is 2.69. The van der Waals surface area contributed by atoms with Gasteiger partial charge in [0.25, 0.3) is 13.3 Å². The molecule has 0 atom stereocenters. The highest BCUT2D eigenvalue weighted by Crippen LogP contribution is 2.10. The van der Waals surface area contributed by atoms with E-state index in [1.165, 1.54) is 68.2 Å². The lowest BCUT2D eigenvalue weighted by atomic mass is 10.1. The maximum absolute atomic E-state index is 11.9. The van der Waals surface area contributed by atoms with Crippen LogP contribution in [0.25, 0.3) is 9.69 Å². The van der Waals surface area contributed by atoms with Crippen molar-refractivity contribution in [2.24, 2.45) is 0 Å². The molecule has 0 spiro atoms. The zero-order valence-electron chi connectivity index (χ0n) is 17.0. The molecular weight excluding hydrogens is 352 g/mol. The van der Waals surface area contributed by atoms with E-state index in [-0.39, 0.29) is 18.9 Å². The lowest BCUT2D eigenvalue weighted by Crippen LogP contribution is -2.15. The molecule has 0 radical (unpaired) electrons. The van der Waals surface area contributed by atoms with Crippen LogP contribution in [0.1, 0.15) is 71.1 Å². The molecule has 0 fully saturated rings. The third-order valence-electron chi connectivity index (χ3n) is 4.14. The molecule has 0 saturated heterocycles. The van der Waals surface area contributed by atoms with Gasteiger partial charge in [-0.25, -0.2) is 22.8 Å². The van der Waals surface area contributed by atoms with Crippen LogP contribution in [-0.2, 0) is 9.53 Å². The van der Waals surface area contributed by atoms with Crippen LogP contribution in [0, 0.1) is 24.5 Å². The second kappa shape index (κ2) is 19.0. The molecule has 0 aromatic carbocycles. The number of ether oxygens (including phenoxy) is 1. The first-order valence-corrected chi connectivity index (χ1v) is 10.1. The van der Waals surface area contributed by atoms with Gasteiger partial charge in [-0.05, 0) is 18.6 Å². The number of hydrogen-bond acceptors (Lipinski definition) is 4. The Kier molecular flexibility index (Phi) is 17.1. The second-order valence-corrected chi connectivity index (χ2v) is 6.54. The lowest BCUT2D eigenvalue weighted by Gasteiger charge is -2.05. The smallest absolute Gasteiger partial charge is 0.348 e. The molecule has 0 aliphatic rings. The molecule has 0 N–H and O–H groups in total. The van der Waals surface area contributed by atoms with Gasteiger partial charge in [-0.2, -0.15) is 5.26 Å². The second-order valence-electron chi connectivity index (χ2n) is 6.54. The zero-order chi connectivity index (χ0) is 20.9. The molecule has 152 valence electrons. The molecule has 0 aromatic heterocycles. The molecule has 0 aliphatic heterocycles. The highest BCUT2D eigenvalue weighted by Gasteiger charge is 2.09. The standard InChI is InChI=1S/C22H32N4O2/c1-4-5-6-7-8-9-10-11-12-13-17-28-22(27)21(18-23)15-14-16-26(19-24-2)20-25-3/h14-16H,4-13,17,19-20H2,1H3. The Morgan fingerprint density at radius 1 is 1.00 bits per heavy atom. The SMILES string of the molecule is [C-]#[N+]CN(C=CC=C(C#N)C(=O)OCCCCCCCCCCCC)C[N+]#[C-]. The summed E-state index contributed by atoms with van der Waals surface area (Å²) in [4.78, 5) is 19.8. The number of esters is 1. The number of nitriles is 1. The van der Waals surface area contributed by atoms with Gasteiger partial charge in [0.1, 0.15) is 11.6 Å². The van der Waals surface area contributed by atoms with Crippen LogP contribution in [0.3, 0.4) is 0 Å². The van der Waals surface area contributed by atoms with Crippen molar-refractivity contribution >= 4 is 5.97 Å². The Hall–Kier alpha value is -2.78. The summed E-state index contributed by atoms with van der Waals surface area (Å²) in [6, 6.07) is 1.83. The topological polar surface area (TPSA) is 62.0 Å². The van der Waals surface area contributed by atoms with E-state index in [1.807, 2.05) is 6.07 Å². The van der Waals surface area contributed by atoms with E-state index in [9.17, 15) is 4.79 Å². The van der Waals surface area contributed by atoms with Crippen molar-refractivity contribution in [1.82, 2.24) is 4.90 Å². The maximum atomic E-state index is 11.9. The molecule has 0 rings (SSSR count). The molecule has 0 aromatic rings. The summed E-state index contributed by atoms with van der Waals surface area (Å²) >= 11 is 0. The van der Waals surface area contributed by atoms with E-state index in [2.05, 4.69) is 16.6 Å². The predicted octanol–water partition coefficient (Wildman–Crippen LogP) is 5.47. The number of nitrogens with zero attached hydrogens (tertiary/aromatic N) is 4. The van der Waals surface area contributed by atoms with E-state index in [1.54, 1.807) is 0 Å². The van der Waals surface area contributed by atoms with Crippen LogP contribution in [0.5, 0.6) is 0 Å². The van der Waals surface area contributed by atoms with E-state index < -0.39 is 5.97 Å². The summed E-state index contributed by atoms with van der Waals surface area (Å²) in [6.07, 6.45) is 16.4. The summed E-state index contributed by atoms with van der Waals surface area (Å²) < 4.78 is 5.15. The van der Waals surface area contributed by atoms with E-state index in [0.717, 1.165) is 19.3 Å². The van der Waals surface area contributed by atoms with Crippen molar-refractivity contribution in [3.63, 3.8) is 0 Å². The first kappa shape index (κ1) is 25.2. The van der Waals surface area contributed by atoms with Crippen molar-refractivity contribution in [2.45, 2.75) is 71.1 Å². The third kappa shape index (κ3) is 14.4. The third-order valence-corrected chi connectivity index (χ3v) is 4.14. The number of carbonyl (C=O) groups excluding carboxylic acids is 1. The van der Waals surface area contributed by atoms with Gasteiger partial charge < -0.3 is 4.74 Å². The number of unbranched alkanes of at least 4 members (excludes halogenated alkanes) is 9. The molecule has 28 heavy (non-hydrogen) atoms. The van der Waals surface area contributed by atoms with Gasteiger partial charge in [0.15, 0.2) is 0 Å². The molecule has 0 bridgehead atoms. The first-order chi connectivity index (χ1) is 13.7. The van der Waals surface area contributed by atoms with Crippen LogP contribution in [0.2, 0.25) is 0 Å². The van der Waals surface area contributed by atoms with Crippen LogP contribution < -0.4 is 0 Å². The summed E-state index contributed by atoms with van der Waals surface area (Å²) in [5.74, 6) is -0.634. The molecule has 0 saturated carbocycles. The van der Waals surface area contributed by atoms with Crippen molar-refractivity contribution in [3.05, 3.63) is 46.8 Å². The number of carbonyl (C=O) groups is 1. The summed E-state index contributed by atoms with van der Waals surface area (Å²) in [7, 11) is 0. The minimum absolute atomic E-state index is 0.0534. The van der Waals surface area contributed by atoms with Gasteiger partial charge in [0.2, 0.25) is 0 Å². The summed E-state index contributed by atoms with van der Waals surface area (Å²) in [6.45, 7) is 16.3. The fourth-order valence-corrected chi connectivity index (χ4v) is 2.56. The first-order valence-electron chi connectivity index (χ1n) is 10.1. The predicted molar refractivity (Wildman–Crippen MR) is 110 cm³/mol. The maximum Gasteiger partial charge on any atom is 0.348 e. The minimum Gasteiger partial charge on any atom is -0.462 e. The number of rotatable bonds is 16. The molecule has 6 nitrogen and oxygen atoms in total. The van der Waals surface area contributed by atoms with Gasteiger partial charge in [-0.1, -0.05) is 64.7 Å². The molecule has 0 heterocycles. The van der Waals surface area contributed by atoms with E-state index in [0.29, 0.717) is 6.61 Å². The lowest BCUT2D eigenvalue weighted by molar-refractivity contribution is -0.138. The zero-order valence-corrected chi connectivity index (χ0v) is 17.0. The normalized spacial score (nSPS) is 10.9. The molecular formula is C22H32N4O2. The van der Waals surface area contributed by atoms with Crippen LogP contribution >= 0.6 is 0 Å². The fraction of sp³-hybridized carbons (Fsp3) is 0.636. The highest BCUT2D eigenvalue weighted by molar-refractivity contribution is 5.93. The molecule has 0 aliphatic carbocycles. The van der Waals surface area contributed by atoms with Gasteiger partial charge in [0.05, 0.1) is 6.61 Å². The van der Waals surface area contributed by atoms with Crippen molar-refractivity contribution in [2.75, 3.05) is 19.9 Å². The van der Waals surface area contributed by atoms with Gasteiger partial charge in [-0.3, -0.25) is 9.69 Å². The Morgan fingerprint density at radius 3 is 2.04 bits per heavy atom. The Morgan fingerprint density at radius 2 is 1.54 bits per heavy atom.